The summed E-state index contributed by atoms with van der Waals surface area (Å²) in [5.74, 6) is -4.07. The van der Waals surface area contributed by atoms with Crippen LogP contribution in [0.2, 0.25) is 0 Å². The van der Waals surface area contributed by atoms with Crippen molar-refractivity contribution in [3.05, 3.63) is 143 Å². The zero-order valence-corrected chi connectivity index (χ0v) is 30.6. The second kappa shape index (κ2) is 20.3. The molecule has 0 atom stereocenters. The zero-order chi connectivity index (χ0) is 40.4. The van der Waals surface area contributed by atoms with Crippen LogP contribution in [-0.4, -0.2) is 47.1 Å². The van der Waals surface area contributed by atoms with Gasteiger partial charge in [-0.25, -0.2) is 26.9 Å². The van der Waals surface area contributed by atoms with Gasteiger partial charge in [0.25, 0.3) is 5.91 Å². The molecule has 0 unspecified atom stereocenters. The van der Waals surface area contributed by atoms with Crippen molar-refractivity contribution < 1.29 is 44.7 Å². The number of nitrogens with one attached hydrogen (secondary N) is 2. The van der Waals surface area contributed by atoms with Crippen LogP contribution in [0.25, 0.3) is 22.3 Å². The lowest BCUT2D eigenvalue weighted by molar-refractivity contribution is 0.0559. The maximum atomic E-state index is 13.6. The summed E-state index contributed by atoms with van der Waals surface area (Å²) in [6.45, 7) is -0.174. The number of rotatable bonds is 9. The Hall–Kier alpha value is -5.97. The number of benzene rings is 4. The van der Waals surface area contributed by atoms with Gasteiger partial charge in [-0.2, -0.15) is 27.8 Å². The summed E-state index contributed by atoms with van der Waals surface area (Å²) in [5.41, 5.74) is 3.63. The van der Waals surface area contributed by atoms with Crippen LogP contribution < -0.4 is 10.6 Å². The Balaban J connectivity index is 0.000000221. The number of carbonyl (C=O) groups is 1. The van der Waals surface area contributed by atoms with E-state index in [1.54, 1.807) is 50.2 Å². The van der Waals surface area contributed by atoms with E-state index in [-0.39, 0.29) is 20.5 Å². The molecule has 57 heavy (non-hydrogen) atoms. The van der Waals surface area contributed by atoms with Crippen molar-refractivity contribution in [3.63, 3.8) is 0 Å². The number of aryl methyl sites for hydroxylation is 2. The van der Waals surface area contributed by atoms with Crippen LogP contribution in [0.3, 0.4) is 0 Å². The van der Waals surface area contributed by atoms with Crippen molar-refractivity contribution in [1.29, 1.82) is 0 Å². The number of hydrogen-bond acceptors (Lipinski definition) is 5. The molecule has 3 heterocycles. The van der Waals surface area contributed by atoms with Crippen molar-refractivity contribution in [2.45, 2.75) is 46.3 Å². The number of halogens is 8. The summed E-state index contributed by atoms with van der Waals surface area (Å²) in [6, 6.07) is 20.0. The number of anilines is 2. The molecule has 2 aromatic heterocycles. The Morgan fingerprint density at radius 1 is 0.667 bits per heavy atom. The first-order valence-corrected chi connectivity index (χ1v) is 17.2. The third-order valence-electron chi connectivity index (χ3n) is 8.43. The van der Waals surface area contributed by atoms with Gasteiger partial charge in [0, 0.05) is 68.6 Å². The SMILES string of the molecule is C1CCOC1.Cc1nn(C(F)F)cc1-c1ccc(NC(=O)c2c(F)cccc2F)cc1.Cc1nn(C(F)F)cc1-c1ccc(NCc2c(F)cccc2F)cc1.[B]. The third kappa shape index (κ3) is 11.5. The highest BCUT2D eigenvalue weighted by atomic mass is 19.3. The van der Waals surface area contributed by atoms with Crippen LogP contribution in [-0.2, 0) is 11.3 Å². The van der Waals surface area contributed by atoms with Crippen molar-refractivity contribution in [2.75, 3.05) is 23.8 Å². The predicted molar refractivity (Wildman–Crippen MR) is 201 cm³/mol. The number of ether oxygens (including phenoxy) is 1. The van der Waals surface area contributed by atoms with Crippen molar-refractivity contribution in [1.82, 2.24) is 19.6 Å². The van der Waals surface area contributed by atoms with Gasteiger partial charge in [-0.3, -0.25) is 4.79 Å². The molecule has 3 radical (unpaired) electrons. The average molecular weight is 796 g/mol. The van der Waals surface area contributed by atoms with Gasteiger partial charge >= 0.3 is 13.1 Å². The third-order valence-corrected chi connectivity index (χ3v) is 8.43. The molecule has 0 bridgehead atoms. The van der Waals surface area contributed by atoms with Gasteiger partial charge in [-0.05, 0) is 86.3 Å². The van der Waals surface area contributed by atoms with Gasteiger partial charge < -0.3 is 15.4 Å². The van der Waals surface area contributed by atoms with Crippen molar-refractivity contribution in [3.8, 4) is 22.3 Å². The maximum absolute atomic E-state index is 13.6. The van der Waals surface area contributed by atoms with Gasteiger partial charge in [0.1, 0.15) is 28.8 Å². The van der Waals surface area contributed by atoms with E-state index in [1.807, 2.05) is 0 Å². The minimum atomic E-state index is -2.74. The van der Waals surface area contributed by atoms with Gasteiger partial charge in [-0.15, -0.1) is 0 Å². The van der Waals surface area contributed by atoms with E-state index in [0.29, 0.717) is 48.8 Å². The van der Waals surface area contributed by atoms with Crippen LogP contribution in [0, 0.1) is 37.1 Å². The molecule has 1 saturated heterocycles. The number of amides is 1. The highest BCUT2D eigenvalue weighted by Gasteiger charge is 2.18. The standard InChI is InChI=1S/C18H13F4N3O.C18H15F4N3.C4H8O.B/c1-10-13(9-25(24-10)18(21)22)11-5-7-12(8-6-11)23-17(26)16-14(19)3-2-4-15(16)20;1-11-15(10-25(24-11)18(21)22)12-5-7-13(8-6-12)23-9-14-16(19)3-2-4-17(14)20;1-2-4-5-3-1;/h2-9,18H,1H3,(H,23,26);2-8,10,18,23H,9H2,1H3;1-4H2;. The first-order valence-electron chi connectivity index (χ1n) is 17.2. The van der Waals surface area contributed by atoms with Crippen LogP contribution in [0.15, 0.2) is 97.3 Å². The molecule has 0 aliphatic carbocycles. The fourth-order valence-corrected chi connectivity index (χ4v) is 5.54. The highest BCUT2D eigenvalue weighted by Crippen LogP contribution is 2.28. The second-order valence-electron chi connectivity index (χ2n) is 12.4. The summed E-state index contributed by atoms with van der Waals surface area (Å²) in [6.07, 6.45) is 5.07. The van der Waals surface area contributed by atoms with Crippen LogP contribution in [0.4, 0.5) is 46.5 Å². The lowest BCUT2D eigenvalue weighted by Gasteiger charge is -2.09. The van der Waals surface area contributed by atoms with Gasteiger partial charge in [0.15, 0.2) is 0 Å². The Morgan fingerprint density at radius 2 is 1.09 bits per heavy atom. The Bertz CT molecular complexity index is 2180. The molecule has 4 aromatic carbocycles. The van der Waals surface area contributed by atoms with Crippen LogP contribution in [0.5, 0.6) is 0 Å². The summed E-state index contributed by atoms with van der Waals surface area (Å²) in [4.78, 5) is 12.1. The molecule has 1 aliphatic heterocycles. The molecular weight excluding hydrogens is 759 g/mol. The Morgan fingerprint density at radius 3 is 1.47 bits per heavy atom. The lowest BCUT2D eigenvalue weighted by atomic mass is 10.1. The molecule has 8 nitrogen and oxygen atoms in total. The van der Waals surface area contributed by atoms with E-state index < -0.39 is 47.8 Å². The molecule has 6 aromatic rings. The number of alkyl halides is 4. The molecule has 17 heteroatoms. The molecule has 0 spiro atoms. The number of carbonyl (C=O) groups excluding carboxylic acids is 1. The quantitative estimate of drug-likeness (QED) is 0.112. The summed E-state index contributed by atoms with van der Waals surface area (Å²) < 4.78 is 111. The average Bonchev–Trinajstić information content (AvgIpc) is 3.96. The van der Waals surface area contributed by atoms with Gasteiger partial charge in [0.05, 0.1) is 11.4 Å². The first-order chi connectivity index (χ1) is 26.8. The summed E-state index contributed by atoms with van der Waals surface area (Å²) in [5, 5.41) is 12.8. The molecule has 1 amide bonds. The fraction of sp³-hybridized carbons (Fsp3) is 0.225. The van der Waals surface area contributed by atoms with Crippen LogP contribution >= 0.6 is 0 Å². The molecular formula is C40H36BF8N6O2. The minimum absolute atomic E-state index is 0. The lowest BCUT2D eigenvalue weighted by Crippen LogP contribution is -2.15. The van der Waals surface area contributed by atoms with Gasteiger partial charge in [0.2, 0.25) is 0 Å². The summed E-state index contributed by atoms with van der Waals surface area (Å²) >= 11 is 0. The van der Waals surface area contributed by atoms with E-state index >= 15 is 0 Å². The van der Waals surface area contributed by atoms with Gasteiger partial charge in [-0.1, -0.05) is 36.4 Å². The minimum Gasteiger partial charge on any atom is -0.381 e. The van der Waals surface area contributed by atoms with Crippen molar-refractivity contribution >= 4 is 25.7 Å². The van der Waals surface area contributed by atoms with Crippen LogP contribution in [0.1, 0.15) is 53.2 Å². The number of hydrogen-bond donors (Lipinski definition) is 2. The van der Waals surface area contributed by atoms with E-state index in [0.717, 1.165) is 37.0 Å². The Kier molecular flexibility index (Phi) is 15.6. The largest absolute Gasteiger partial charge is 0.381 e. The summed E-state index contributed by atoms with van der Waals surface area (Å²) in [7, 11) is 0. The van der Waals surface area contributed by atoms with E-state index in [2.05, 4.69) is 20.8 Å². The van der Waals surface area contributed by atoms with E-state index in [4.69, 9.17) is 4.74 Å². The van der Waals surface area contributed by atoms with E-state index in [9.17, 15) is 39.9 Å². The Labute approximate surface area is 325 Å². The smallest absolute Gasteiger partial charge is 0.333 e. The molecule has 297 valence electrons. The molecule has 1 aliphatic rings. The van der Waals surface area contributed by atoms with Crippen molar-refractivity contribution in [2.24, 2.45) is 0 Å². The monoisotopic (exact) mass is 795 g/mol. The number of aromatic nitrogens is 4. The first kappa shape index (κ1) is 43.8. The normalized spacial score (nSPS) is 12.0. The highest BCUT2D eigenvalue weighted by molar-refractivity contribution is 6.04. The number of nitrogens with zero attached hydrogens (tertiary/aromatic N) is 4. The molecule has 0 saturated carbocycles. The zero-order valence-electron chi connectivity index (χ0n) is 30.6. The maximum Gasteiger partial charge on any atom is 0.333 e. The topological polar surface area (TPSA) is 86.0 Å². The molecule has 1 fully saturated rings. The molecule has 7 rings (SSSR count). The second-order valence-corrected chi connectivity index (χ2v) is 12.4. The fourth-order valence-electron chi connectivity index (χ4n) is 5.54. The molecule has 2 N–H and O–H groups in total. The predicted octanol–water partition coefficient (Wildman–Crippen LogP) is 10.3. The van der Waals surface area contributed by atoms with E-state index in [1.165, 1.54) is 55.6 Å².